The van der Waals surface area contributed by atoms with Crippen molar-refractivity contribution in [2.24, 2.45) is 5.92 Å². The van der Waals surface area contributed by atoms with Crippen LogP contribution in [0.1, 0.15) is 44.6 Å². The summed E-state index contributed by atoms with van der Waals surface area (Å²) in [6.07, 6.45) is 9.33. The second kappa shape index (κ2) is 6.03. The minimum atomic E-state index is 0.623. The highest BCUT2D eigenvalue weighted by atomic mass is 15.2. The topological polar surface area (TPSA) is 55.0 Å². The standard InChI is InChI=1S/C14H24N4/c1-3-12-13(15)16-10-17-14(12)18(2)9-11-7-5-4-6-8-11/h10-11H,3-9H2,1-2H3,(H2,15,16,17). The fourth-order valence-corrected chi connectivity index (χ4v) is 2.93. The molecule has 0 saturated heterocycles. The van der Waals surface area contributed by atoms with Gasteiger partial charge < -0.3 is 10.6 Å². The maximum Gasteiger partial charge on any atom is 0.137 e. The molecule has 0 bridgehead atoms. The van der Waals surface area contributed by atoms with E-state index in [-0.39, 0.29) is 0 Å². The van der Waals surface area contributed by atoms with Crippen LogP contribution in [-0.2, 0) is 6.42 Å². The molecule has 1 heterocycles. The van der Waals surface area contributed by atoms with Gasteiger partial charge in [0, 0.05) is 19.2 Å². The molecule has 1 aliphatic rings. The van der Waals surface area contributed by atoms with Crippen LogP contribution in [-0.4, -0.2) is 23.6 Å². The van der Waals surface area contributed by atoms with Gasteiger partial charge in [0.2, 0.25) is 0 Å². The minimum absolute atomic E-state index is 0.623. The number of anilines is 2. The van der Waals surface area contributed by atoms with Crippen LogP contribution in [0.4, 0.5) is 11.6 Å². The predicted molar refractivity (Wildman–Crippen MR) is 75.7 cm³/mol. The summed E-state index contributed by atoms with van der Waals surface area (Å²) in [5.74, 6) is 2.44. The van der Waals surface area contributed by atoms with E-state index in [2.05, 4.69) is 28.8 Å². The molecule has 1 saturated carbocycles. The van der Waals surface area contributed by atoms with Crippen molar-refractivity contribution in [3.63, 3.8) is 0 Å². The zero-order valence-electron chi connectivity index (χ0n) is 11.5. The highest BCUT2D eigenvalue weighted by molar-refractivity contribution is 5.56. The summed E-state index contributed by atoms with van der Waals surface area (Å²) in [7, 11) is 2.12. The summed E-state index contributed by atoms with van der Waals surface area (Å²) >= 11 is 0. The van der Waals surface area contributed by atoms with Crippen molar-refractivity contribution in [1.29, 1.82) is 0 Å². The Kier molecular flexibility index (Phi) is 4.39. The van der Waals surface area contributed by atoms with Gasteiger partial charge in [0.25, 0.3) is 0 Å². The van der Waals surface area contributed by atoms with E-state index >= 15 is 0 Å². The van der Waals surface area contributed by atoms with Crippen LogP contribution >= 0.6 is 0 Å². The first-order chi connectivity index (χ1) is 8.72. The van der Waals surface area contributed by atoms with Crippen molar-refractivity contribution in [2.75, 3.05) is 24.2 Å². The fraction of sp³-hybridized carbons (Fsp3) is 0.714. The van der Waals surface area contributed by atoms with E-state index in [0.717, 1.165) is 30.3 Å². The van der Waals surface area contributed by atoms with Crippen LogP contribution in [0.25, 0.3) is 0 Å². The first-order valence-electron chi connectivity index (χ1n) is 7.02. The molecule has 1 aliphatic carbocycles. The number of nitrogens with zero attached hydrogens (tertiary/aromatic N) is 3. The Bertz CT molecular complexity index is 385. The van der Waals surface area contributed by atoms with Crippen molar-refractivity contribution in [3.8, 4) is 0 Å². The molecule has 4 nitrogen and oxygen atoms in total. The van der Waals surface area contributed by atoms with Gasteiger partial charge in [0.05, 0.1) is 0 Å². The molecule has 1 fully saturated rings. The van der Waals surface area contributed by atoms with Crippen molar-refractivity contribution in [2.45, 2.75) is 45.4 Å². The maximum absolute atomic E-state index is 5.93. The predicted octanol–water partition coefficient (Wildman–Crippen LogP) is 2.64. The molecule has 0 spiro atoms. The Morgan fingerprint density at radius 3 is 2.67 bits per heavy atom. The summed E-state index contributed by atoms with van der Waals surface area (Å²) in [6.45, 7) is 3.19. The maximum atomic E-state index is 5.93. The number of nitrogens with two attached hydrogens (primary N) is 1. The molecule has 2 rings (SSSR count). The van der Waals surface area contributed by atoms with Crippen molar-refractivity contribution in [1.82, 2.24) is 9.97 Å². The van der Waals surface area contributed by atoms with Gasteiger partial charge >= 0.3 is 0 Å². The van der Waals surface area contributed by atoms with Gasteiger partial charge in [-0.3, -0.25) is 0 Å². The normalized spacial score (nSPS) is 16.8. The molecule has 100 valence electrons. The number of rotatable bonds is 4. The van der Waals surface area contributed by atoms with Gasteiger partial charge in [0.1, 0.15) is 18.0 Å². The lowest BCUT2D eigenvalue weighted by atomic mass is 9.89. The first-order valence-corrected chi connectivity index (χ1v) is 7.02. The monoisotopic (exact) mass is 248 g/mol. The van der Waals surface area contributed by atoms with E-state index in [1.54, 1.807) is 6.33 Å². The average Bonchev–Trinajstić information content (AvgIpc) is 2.39. The molecule has 2 N–H and O–H groups in total. The molecule has 0 radical (unpaired) electrons. The highest BCUT2D eigenvalue weighted by Crippen LogP contribution is 2.27. The third-order valence-electron chi connectivity index (χ3n) is 3.93. The van der Waals surface area contributed by atoms with Crippen molar-refractivity contribution < 1.29 is 0 Å². The molecule has 0 aromatic carbocycles. The van der Waals surface area contributed by atoms with E-state index in [1.165, 1.54) is 32.1 Å². The lowest BCUT2D eigenvalue weighted by Gasteiger charge is -2.28. The smallest absolute Gasteiger partial charge is 0.137 e. The molecule has 0 aliphatic heterocycles. The van der Waals surface area contributed by atoms with E-state index in [9.17, 15) is 0 Å². The third-order valence-corrected chi connectivity index (χ3v) is 3.93. The number of hydrogen-bond donors (Lipinski definition) is 1. The van der Waals surface area contributed by atoms with Crippen molar-refractivity contribution >= 4 is 11.6 Å². The third kappa shape index (κ3) is 2.92. The van der Waals surface area contributed by atoms with E-state index < -0.39 is 0 Å². The lowest BCUT2D eigenvalue weighted by Crippen LogP contribution is -2.28. The molecular weight excluding hydrogens is 224 g/mol. The molecule has 4 heteroatoms. The van der Waals surface area contributed by atoms with Gasteiger partial charge in [-0.25, -0.2) is 9.97 Å². The number of hydrogen-bond acceptors (Lipinski definition) is 4. The summed E-state index contributed by atoms with van der Waals surface area (Å²) in [5.41, 5.74) is 7.00. The molecule has 1 aromatic heterocycles. The summed E-state index contributed by atoms with van der Waals surface area (Å²) < 4.78 is 0. The molecule has 0 amide bonds. The van der Waals surface area contributed by atoms with Crippen LogP contribution in [0.3, 0.4) is 0 Å². The SMILES string of the molecule is CCc1c(N)ncnc1N(C)CC1CCCCC1. The van der Waals surface area contributed by atoms with E-state index in [0.29, 0.717) is 5.82 Å². The van der Waals surface area contributed by atoms with E-state index in [4.69, 9.17) is 5.73 Å². The number of aromatic nitrogens is 2. The molecule has 18 heavy (non-hydrogen) atoms. The largest absolute Gasteiger partial charge is 0.383 e. The van der Waals surface area contributed by atoms with Gasteiger partial charge in [-0.05, 0) is 25.2 Å². The second-order valence-electron chi connectivity index (χ2n) is 5.30. The van der Waals surface area contributed by atoms with Crippen LogP contribution in [0.2, 0.25) is 0 Å². The van der Waals surface area contributed by atoms with Crippen molar-refractivity contribution in [3.05, 3.63) is 11.9 Å². The zero-order valence-corrected chi connectivity index (χ0v) is 11.5. The van der Waals surface area contributed by atoms with Crippen LogP contribution < -0.4 is 10.6 Å². The molecule has 0 unspecified atom stereocenters. The second-order valence-corrected chi connectivity index (χ2v) is 5.30. The van der Waals surface area contributed by atoms with Gasteiger partial charge in [-0.1, -0.05) is 26.2 Å². The summed E-state index contributed by atoms with van der Waals surface area (Å²) in [5, 5.41) is 0. The Morgan fingerprint density at radius 2 is 2.00 bits per heavy atom. The quantitative estimate of drug-likeness (QED) is 0.890. The van der Waals surface area contributed by atoms with Crippen LogP contribution in [0, 0.1) is 5.92 Å². The Balaban J connectivity index is 2.07. The van der Waals surface area contributed by atoms with E-state index in [1.807, 2.05) is 0 Å². The minimum Gasteiger partial charge on any atom is -0.383 e. The zero-order chi connectivity index (χ0) is 13.0. The van der Waals surface area contributed by atoms with Crippen LogP contribution in [0.5, 0.6) is 0 Å². The summed E-state index contributed by atoms with van der Waals surface area (Å²) in [4.78, 5) is 10.7. The highest BCUT2D eigenvalue weighted by Gasteiger charge is 2.18. The molecule has 0 atom stereocenters. The Morgan fingerprint density at radius 1 is 1.28 bits per heavy atom. The molecular formula is C14H24N4. The summed E-state index contributed by atoms with van der Waals surface area (Å²) in [6, 6.07) is 0. The van der Waals surface area contributed by atoms with Gasteiger partial charge in [-0.2, -0.15) is 0 Å². The lowest BCUT2D eigenvalue weighted by molar-refractivity contribution is 0.361. The first kappa shape index (κ1) is 13.1. The number of nitrogen functional groups attached to an aromatic ring is 1. The molecule has 1 aromatic rings. The van der Waals surface area contributed by atoms with Gasteiger partial charge in [-0.15, -0.1) is 0 Å². The average molecular weight is 248 g/mol. The Hall–Kier alpha value is -1.32. The van der Waals surface area contributed by atoms with Crippen LogP contribution in [0.15, 0.2) is 6.33 Å². The van der Waals surface area contributed by atoms with Gasteiger partial charge in [0.15, 0.2) is 0 Å². The fourth-order valence-electron chi connectivity index (χ4n) is 2.93. The Labute approximate surface area is 110 Å².